The molecule has 0 aromatic carbocycles. The van der Waals surface area contributed by atoms with Gasteiger partial charge < -0.3 is 15.3 Å². The van der Waals surface area contributed by atoms with Gasteiger partial charge in [0, 0.05) is 0 Å². The van der Waals surface area contributed by atoms with Crippen molar-refractivity contribution >= 4 is 0 Å². The molecule has 3 nitrogen and oxygen atoms in total. The summed E-state index contributed by atoms with van der Waals surface area (Å²) in [6, 6.07) is 0. The summed E-state index contributed by atoms with van der Waals surface area (Å²) < 4.78 is 0. The topological polar surface area (TPSA) is 60.7 Å². The van der Waals surface area contributed by atoms with Crippen LogP contribution in [0.25, 0.3) is 0 Å². The van der Waals surface area contributed by atoms with Gasteiger partial charge in [0.15, 0.2) is 0 Å². The molecule has 78 valence electrons. The van der Waals surface area contributed by atoms with Gasteiger partial charge in [0.05, 0.1) is 18.3 Å². The Labute approximate surface area is 79.4 Å². The first-order valence-corrected chi connectivity index (χ1v) is 4.98. The first-order valence-electron chi connectivity index (χ1n) is 4.98. The van der Waals surface area contributed by atoms with Crippen LogP contribution in [0.15, 0.2) is 0 Å². The first-order chi connectivity index (χ1) is 5.97. The van der Waals surface area contributed by atoms with E-state index < -0.39 is 5.60 Å². The highest BCUT2D eigenvalue weighted by Gasteiger charge is 2.37. The molecule has 1 rings (SSSR count). The Balaban J connectivity index is 2.55. The smallest absolute Gasteiger partial charge is 0.0878 e. The van der Waals surface area contributed by atoms with Crippen LogP contribution in [0.1, 0.15) is 33.1 Å². The van der Waals surface area contributed by atoms with E-state index in [2.05, 4.69) is 0 Å². The summed E-state index contributed by atoms with van der Waals surface area (Å²) in [6.45, 7) is 3.44. The van der Waals surface area contributed by atoms with Crippen LogP contribution in [-0.2, 0) is 0 Å². The minimum absolute atomic E-state index is 0.0312. The number of aliphatic hydroxyl groups excluding tert-OH is 2. The zero-order valence-electron chi connectivity index (χ0n) is 8.40. The molecule has 0 aromatic heterocycles. The highest BCUT2D eigenvalue weighted by Crippen LogP contribution is 2.35. The largest absolute Gasteiger partial charge is 0.393 e. The highest BCUT2D eigenvalue weighted by atomic mass is 16.3. The van der Waals surface area contributed by atoms with Gasteiger partial charge in [-0.25, -0.2) is 0 Å². The molecule has 0 heterocycles. The van der Waals surface area contributed by atoms with Crippen molar-refractivity contribution < 1.29 is 15.3 Å². The number of aliphatic hydroxyl groups is 3. The van der Waals surface area contributed by atoms with Crippen molar-refractivity contribution in [2.24, 2.45) is 11.8 Å². The molecule has 1 aliphatic carbocycles. The Hall–Kier alpha value is -0.120. The second kappa shape index (κ2) is 3.95. The van der Waals surface area contributed by atoms with Crippen LogP contribution in [-0.4, -0.2) is 33.6 Å². The molecule has 0 amide bonds. The number of rotatable bonds is 2. The number of hydrogen-bond acceptors (Lipinski definition) is 3. The summed E-state index contributed by atoms with van der Waals surface area (Å²) in [5.74, 6) is 0.356. The first kappa shape index (κ1) is 11.0. The average Bonchev–Trinajstić information content (AvgIpc) is 2.09. The van der Waals surface area contributed by atoms with Crippen molar-refractivity contribution in [3.05, 3.63) is 0 Å². The van der Waals surface area contributed by atoms with Gasteiger partial charge in [-0.05, 0) is 38.0 Å². The van der Waals surface area contributed by atoms with E-state index >= 15 is 0 Å². The summed E-state index contributed by atoms with van der Waals surface area (Å²) in [6.07, 6.45) is 2.11. The molecule has 0 radical (unpaired) electrons. The van der Waals surface area contributed by atoms with Gasteiger partial charge in [-0.15, -0.1) is 0 Å². The van der Waals surface area contributed by atoms with E-state index in [0.717, 1.165) is 12.8 Å². The SMILES string of the molecule is CC1CCC(C(C)(O)CO)CC1O. The highest BCUT2D eigenvalue weighted by molar-refractivity contribution is 4.88. The third-order valence-corrected chi connectivity index (χ3v) is 3.35. The van der Waals surface area contributed by atoms with E-state index in [-0.39, 0.29) is 18.6 Å². The van der Waals surface area contributed by atoms with Crippen LogP contribution in [0.5, 0.6) is 0 Å². The molecule has 4 unspecified atom stereocenters. The molecule has 1 saturated carbocycles. The minimum atomic E-state index is -1.03. The lowest BCUT2D eigenvalue weighted by Gasteiger charge is -2.38. The maximum Gasteiger partial charge on any atom is 0.0878 e. The predicted octanol–water partition coefficient (Wildman–Crippen LogP) is 0.527. The van der Waals surface area contributed by atoms with Gasteiger partial charge >= 0.3 is 0 Å². The second-order valence-electron chi connectivity index (χ2n) is 4.57. The summed E-state index contributed by atoms with van der Waals surface area (Å²) in [5.41, 5.74) is -1.03. The van der Waals surface area contributed by atoms with E-state index in [4.69, 9.17) is 5.11 Å². The molecule has 0 aromatic rings. The van der Waals surface area contributed by atoms with Crippen molar-refractivity contribution in [3.63, 3.8) is 0 Å². The lowest BCUT2D eigenvalue weighted by Crippen LogP contribution is -2.43. The summed E-state index contributed by atoms with van der Waals surface area (Å²) in [5, 5.41) is 28.4. The van der Waals surface area contributed by atoms with Crippen LogP contribution in [0, 0.1) is 11.8 Å². The van der Waals surface area contributed by atoms with E-state index in [9.17, 15) is 10.2 Å². The Kier molecular flexibility index (Phi) is 3.33. The fraction of sp³-hybridized carbons (Fsp3) is 1.00. The Morgan fingerprint density at radius 1 is 1.38 bits per heavy atom. The van der Waals surface area contributed by atoms with Crippen LogP contribution in [0.4, 0.5) is 0 Å². The summed E-state index contributed by atoms with van der Waals surface area (Å²) in [7, 11) is 0. The van der Waals surface area contributed by atoms with E-state index in [1.165, 1.54) is 0 Å². The van der Waals surface area contributed by atoms with E-state index in [0.29, 0.717) is 12.3 Å². The molecule has 0 bridgehead atoms. The quantitative estimate of drug-likeness (QED) is 0.592. The van der Waals surface area contributed by atoms with Gasteiger partial charge in [-0.3, -0.25) is 0 Å². The standard InChI is InChI=1S/C10H20O3/c1-7-3-4-8(5-9(7)12)10(2,13)6-11/h7-9,11-13H,3-6H2,1-2H3. The fourth-order valence-electron chi connectivity index (χ4n) is 1.99. The molecule has 0 aliphatic heterocycles. The average molecular weight is 188 g/mol. The second-order valence-corrected chi connectivity index (χ2v) is 4.57. The maximum absolute atomic E-state index is 9.79. The molecule has 1 fully saturated rings. The molecule has 0 spiro atoms. The fourth-order valence-corrected chi connectivity index (χ4v) is 1.99. The summed E-state index contributed by atoms with van der Waals surface area (Å²) in [4.78, 5) is 0. The monoisotopic (exact) mass is 188 g/mol. The van der Waals surface area contributed by atoms with Gasteiger partial charge in [-0.1, -0.05) is 6.92 Å². The minimum Gasteiger partial charge on any atom is -0.393 e. The normalized spacial score (nSPS) is 39.9. The molecule has 13 heavy (non-hydrogen) atoms. The maximum atomic E-state index is 9.79. The zero-order chi connectivity index (χ0) is 10.1. The van der Waals surface area contributed by atoms with Crippen LogP contribution < -0.4 is 0 Å². The van der Waals surface area contributed by atoms with Crippen molar-refractivity contribution in [1.82, 2.24) is 0 Å². The van der Waals surface area contributed by atoms with Gasteiger partial charge in [0.2, 0.25) is 0 Å². The Morgan fingerprint density at radius 2 is 2.00 bits per heavy atom. The van der Waals surface area contributed by atoms with Crippen molar-refractivity contribution in [3.8, 4) is 0 Å². The van der Waals surface area contributed by atoms with Crippen LogP contribution in [0.3, 0.4) is 0 Å². The van der Waals surface area contributed by atoms with Crippen molar-refractivity contribution in [1.29, 1.82) is 0 Å². The summed E-state index contributed by atoms with van der Waals surface area (Å²) >= 11 is 0. The zero-order valence-corrected chi connectivity index (χ0v) is 8.40. The van der Waals surface area contributed by atoms with Crippen LogP contribution >= 0.6 is 0 Å². The van der Waals surface area contributed by atoms with Gasteiger partial charge in [0.1, 0.15) is 0 Å². The molecule has 1 aliphatic rings. The van der Waals surface area contributed by atoms with E-state index in [1.807, 2.05) is 6.92 Å². The van der Waals surface area contributed by atoms with Gasteiger partial charge in [0.25, 0.3) is 0 Å². The lowest BCUT2D eigenvalue weighted by atomic mass is 9.73. The molecule has 3 heteroatoms. The molecule has 4 atom stereocenters. The predicted molar refractivity (Wildman–Crippen MR) is 50.2 cm³/mol. The van der Waals surface area contributed by atoms with Crippen molar-refractivity contribution in [2.75, 3.05) is 6.61 Å². The Morgan fingerprint density at radius 3 is 2.46 bits per heavy atom. The Bertz CT molecular complexity index is 168. The van der Waals surface area contributed by atoms with Crippen LogP contribution in [0.2, 0.25) is 0 Å². The lowest BCUT2D eigenvalue weighted by molar-refractivity contribution is -0.0836. The van der Waals surface area contributed by atoms with Crippen molar-refractivity contribution in [2.45, 2.75) is 44.8 Å². The molecule has 0 saturated heterocycles. The molecular formula is C10H20O3. The van der Waals surface area contributed by atoms with E-state index in [1.54, 1.807) is 6.92 Å². The van der Waals surface area contributed by atoms with Gasteiger partial charge in [-0.2, -0.15) is 0 Å². The molecular weight excluding hydrogens is 168 g/mol. The third kappa shape index (κ3) is 2.42. The molecule has 3 N–H and O–H groups in total. The number of hydrogen-bond donors (Lipinski definition) is 3. The third-order valence-electron chi connectivity index (χ3n) is 3.35.